The number of hydrogen-bond acceptors (Lipinski definition) is 8. The van der Waals surface area contributed by atoms with E-state index in [1.807, 2.05) is 0 Å². The first-order valence-corrected chi connectivity index (χ1v) is 12.3. The summed E-state index contributed by atoms with van der Waals surface area (Å²) in [5.41, 5.74) is 2.14. The van der Waals surface area contributed by atoms with E-state index in [-0.39, 0.29) is 23.9 Å². The van der Waals surface area contributed by atoms with Gasteiger partial charge in [-0.15, -0.1) is 11.3 Å². The highest BCUT2D eigenvalue weighted by Gasteiger charge is 2.29. The fourth-order valence-corrected chi connectivity index (χ4v) is 5.76. The Kier molecular flexibility index (Phi) is 7.89. The third kappa shape index (κ3) is 5.86. The second-order valence-corrected chi connectivity index (χ2v) is 10.2. The van der Waals surface area contributed by atoms with Crippen LogP contribution in [0.2, 0.25) is 0 Å². The van der Waals surface area contributed by atoms with Crippen LogP contribution in [0.3, 0.4) is 0 Å². The minimum absolute atomic E-state index is 0.0120. The van der Waals surface area contributed by atoms with Crippen molar-refractivity contribution in [3.8, 4) is 0 Å². The molecule has 32 heavy (non-hydrogen) atoms. The highest BCUT2D eigenvalue weighted by Crippen LogP contribution is 2.40. The molecule has 1 amide bonds. The summed E-state index contributed by atoms with van der Waals surface area (Å²) in [6.45, 7) is 7.26. The van der Waals surface area contributed by atoms with E-state index in [1.165, 1.54) is 15.9 Å². The second-order valence-electron chi connectivity index (χ2n) is 8.26. The Morgan fingerprint density at radius 2 is 2.06 bits per heavy atom. The third-order valence-electron chi connectivity index (χ3n) is 5.19. The van der Waals surface area contributed by atoms with Gasteiger partial charge in [-0.2, -0.15) is 0 Å². The van der Waals surface area contributed by atoms with Crippen LogP contribution >= 0.6 is 22.7 Å². The molecular formula is C22H28N2O6S2. The molecule has 0 saturated carbocycles. The van der Waals surface area contributed by atoms with Crippen molar-refractivity contribution in [1.29, 1.82) is 0 Å². The molecule has 3 rings (SSSR count). The number of carbonyl (C=O) groups excluding carboxylic acids is 3. The number of anilines is 1. The normalized spacial score (nSPS) is 15.3. The summed E-state index contributed by atoms with van der Waals surface area (Å²) in [4.78, 5) is 49.8. The van der Waals surface area contributed by atoms with Crippen LogP contribution in [0.1, 0.15) is 60.1 Å². The Balaban J connectivity index is 1.62. The number of nitrogens with one attached hydrogen (secondary N) is 1. The van der Waals surface area contributed by atoms with Gasteiger partial charge in [-0.25, -0.2) is 4.79 Å². The van der Waals surface area contributed by atoms with Gasteiger partial charge in [0.05, 0.1) is 18.1 Å². The van der Waals surface area contributed by atoms with Crippen LogP contribution in [-0.4, -0.2) is 35.1 Å². The van der Waals surface area contributed by atoms with Gasteiger partial charge in [0.2, 0.25) is 0 Å². The monoisotopic (exact) mass is 480 g/mol. The number of carbonyl (C=O) groups is 3. The fourth-order valence-electron chi connectivity index (χ4n) is 3.59. The molecule has 10 heteroatoms. The lowest BCUT2D eigenvalue weighted by Crippen LogP contribution is -2.23. The SMILES string of the molecule is Cc1csc(=O)n1CCC(=O)OCC(=O)Nc1sc2c(c1C(=O)OC(C)C)CC[C@@H](C)C2. The largest absolute Gasteiger partial charge is 0.459 e. The fraction of sp³-hybridized carbons (Fsp3) is 0.545. The van der Waals surface area contributed by atoms with E-state index in [2.05, 4.69) is 12.2 Å². The minimum atomic E-state index is -0.573. The van der Waals surface area contributed by atoms with Crippen molar-refractivity contribution in [3.05, 3.63) is 36.7 Å². The first-order chi connectivity index (χ1) is 15.2. The molecule has 174 valence electrons. The summed E-state index contributed by atoms with van der Waals surface area (Å²) in [7, 11) is 0. The minimum Gasteiger partial charge on any atom is -0.459 e. The predicted molar refractivity (Wildman–Crippen MR) is 124 cm³/mol. The van der Waals surface area contributed by atoms with Gasteiger partial charge in [0.1, 0.15) is 5.00 Å². The molecule has 0 aromatic carbocycles. The van der Waals surface area contributed by atoms with Crippen molar-refractivity contribution in [2.45, 2.75) is 66.0 Å². The van der Waals surface area contributed by atoms with Gasteiger partial charge < -0.3 is 19.4 Å². The van der Waals surface area contributed by atoms with Crippen LogP contribution in [0.5, 0.6) is 0 Å². The highest BCUT2D eigenvalue weighted by atomic mass is 32.1. The first-order valence-electron chi connectivity index (χ1n) is 10.6. The molecule has 1 N–H and O–H groups in total. The van der Waals surface area contributed by atoms with E-state index in [1.54, 1.807) is 26.2 Å². The number of amides is 1. The molecule has 0 saturated heterocycles. The van der Waals surface area contributed by atoms with Crippen LogP contribution < -0.4 is 10.2 Å². The quantitative estimate of drug-likeness (QED) is 0.580. The Morgan fingerprint density at radius 3 is 2.72 bits per heavy atom. The van der Waals surface area contributed by atoms with Crippen molar-refractivity contribution in [1.82, 2.24) is 4.57 Å². The predicted octanol–water partition coefficient (Wildman–Crippen LogP) is 3.54. The average Bonchev–Trinajstić information content (AvgIpc) is 3.22. The van der Waals surface area contributed by atoms with Crippen molar-refractivity contribution in [3.63, 3.8) is 0 Å². The number of hydrogen-bond donors (Lipinski definition) is 1. The number of ether oxygens (including phenoxy) is 2. The topological polar surface area (TPSA) is 104 Å². The standard InChI is InChI=1S/C22H28N2O6S2/c1-12(2)30-21(27)19-15-6-5-13(3)9-16(15)32-20(19)23-17(25)10-29-18(26)7-8-24-14(4)11-31-22(24)28/h11-13H,5-10H2,1-4H3,(H,23,25)/t13-/m1/s1. The van der Waals surface area contributed by atoms with E-state index in [0.29, 0.717) is 16.5 Å². The molecule has 0 unspecified atom stereocenters. The summed E-state index contributed by atoms with van der Waals surface area (Å²) in [5, 5.41) is 4.90. The van der Waals surface area contributed by atoms with E-state index in [0.717, 1.165) is 46.7 Å². The smallest absolute Gasteiger partial charge is 0.341 e. The molecule has 2 aromatic heterocycles. The van der Waals surface area contributed by atoms with E-state index in [9.17, 15) is 19.2 Å². The van der Waals surface area contributed by atoms with Crippen LogP contribution in [0.25, 0.3) is 0 Å². The number of aryl methyl sites for hydroxylation is 1. The van der Waals surface area contributed by atoms with Gasteiger partial charge in [-0.3, -0.25) is 14.4 Å². The number of esters is 2. The number of fused-ring (bicyclic) bond motifs is 1. The van der Waals surface area contributed by atoms with Gasteiger partial charge >= 0.3 is 16.8 Å². The van der Waals surface area contributed by atoms with Crippen molar-refractivity contribution >= 4 is 45.5 Å². The lowest BCUT2D eigenvalue weighted by molar-refractivity contribution is -0.147. The van der Waals surface area contributed by atoms with Crippen LogP contribution in [0.15, 0.2) is 10.2 Å². The number of thiazole rings is 1. The third-order valence-corrected chi connectivity index (χ3v) is 7.24. The lowest BCUT2D eigenvalue weighted by atomic mass is 9.88. The van der Waals surface area contributed by atoms with E-state index < -0.39 is 24.5 Å². The first kappa shape index (κ1) is 24.2. The number of thiophene rings is 1. The van der Waals surface area contributed by atoms with Crippen molar-refractivity contribution < 1.29 is 23.9 Å². The van der Waals surface area contributed by atoms with E-state index >= 15 is 0 Å². The zero-order chi connectivity index (χ0) is 23.4. The summed E-state index contributed by atoms with van der Waals surface area (Å²) < 4.78 is 12.0. The number of aromatic nitrogens is 1. The maximum Gasteiger partial charge on any atom is 0.341 e. The molecule has 0 fully saturated rings. The van der Waals surface area contributed by atoms with Crippen LogP contribution in [0.4, 0.5) is 5.00 Å². The molecule has 1 atom stereocenters. The molecule has 0 aliphatic heterocycles. The van der Waals surface area contributed by atoms with Gasteiger partial charge in [0.25, 0.3) is 5.91 Å². The summed E-state index contributed by atoms with van der Waals surface area (Å²) in [6, 6.07) is 0. The maximum atomic E-state index is 12.7. The number of rotatable bonds is 8. The van der Waals surface area contributed by atoms with Gasteiger partial charge in [0.15, 0.2) is 6.61 Å². The lowest BCUT2D eigenvalue weighted by Gasteiger charge is -2.18. The van der Waals surface area contributed by atoms with E-state index in [4.69, 9.17) is 9.47 Å². The molecule has 0 spiro atoms. The molecular weight excluding hydrogens is 452 g/mol. The van der Waals surface area contributed by atoms with Crippen molar-refractivity contribution in [2.75, 3.05) is 11.9 Å². The zero-order valence-corrected chi connectivity index (χ0v) is 20.3. The Morgan fingerprint density at radius 1 is 1.31 bits per heavy atom. The Labute approximate surface area is 194 Å². The number of nitrogens with zero attached hydrogens (tertiary/aromatic N) is 1. The van der Waals surface area contributed by atoms with Gasteiger partial charge in [-0.05, 0) is 51.5 Å². The Bertz CT molecular complexity index is 1070. The van der Waals surface area contributed by atoms with Crippen molar-refractivity contribution in [2.24, 2.45) is 5.92 Å². The molecule has 0 radical (unpaired) electrons. The summed E-state index contributed by atoms with van der Waals surface area (Å²) in [5.74, 6) is -1.03. The van der Waals surface area contributed by atoms with Crippen LogP contribution in [0, 0.1) is 12.8 Å². The molecule has 0 bridgehead atoms. The average molecular weight is 481 g/mol. The van der Waals surface area contributed by atoms with Gasteiger partial charge in [0, 0.05) is 22.5 Å². The molecule has 1 aliphatic carbocycles. The molecule has 8 nitrogen and oxygen atoms in total. The maximum absolute atomic E-state index is 12.7. The zero-order valence-electron chi connectivity index (χ0n) is 18.7. The summed E-state index contributed by atoms with van der Waals surface area (Å²) in [6.07, 6.45) is 2.31. The highest BCUT2D eigenvalue weighted by molar-refractivity contribution is 7.17. The molecule has 1 aliphatic rings. The second kappa shape index (κ2) is 10.4. The summed E-state index contributed by atoms with van der Waals surface area (Å²) >= 11 is 2.46. The Hall–Kier alpha value is -2.46. The molecule has 2 heterocycles. The van der Waals surface area contributed by atoms with Gasteiger partial charge in [-0.1, -0.05) is 18.3 Å². The van der Waals surface area contributed by atoms with Crippen LogP contribution in [-0.2, 0) is 38.4 Å². The molecule has 2 aromatic rings.